The summed E-state index contributed by atoms with van der Waals surface area (Å²) >= 11 is 6.21. The van der Waals surface area contributed by atoms with Gasteiger partial charge < -0.3 is 10.3 Å². The average Bonchev–Trinajstić information content (AvgIpc) is 2.87. The van der Waals surface area contributed by atoms with Gasteiger partial charge in [0.15, 0.2) is 0 Å². The van der Waals surface area contributed by atoms with Crippen molar-refractivity contribution in [3.8, 4) is 0 Å². The summed E-state index contributed by atoms with van der Waals surface area (Å²) in [6.45, 7) is 0.514. The number of halogens is 1. The quantitative estimate of drug-likeness (QED) is 0.506. The summed E-state index contributed by atoms with van der Waals surface area (Å²) in [5.74, 6) is -0.0492. The summed E-state index contributed by atoms with van der Waals surface area (Å²) in [5, 5.41) is 13.4. The fourth-order valence-electron chi connectivity index (χ4n) is 2.33. The van der Waals surface area contributed by atoms with E-state index in [4.69, 9.17) is 11.6 Å². The van der Waals surface area contributed by atoms with Gasteiger partial charge in [-0.15, -0.1) is 11.6 Å². The second-order valence-corrected chi connectivity index (χ2v) is 5.36. The molecule has 1 aliphatic carbocycles. The van der Waals surface area contributed by atoms with Crippen molar-refractivity contribution in [3.63, 3.8) is 0 Å². The molecule has 0 aromatic carbocycles. The number of rotatable bonds is 4. The summed E-state index contributed by atoms with van der Waals surface area (Å²) in [7, 11) is 0. The van der Waals surface area contributed by atoms with Gasteiger partial charge in [0.1, 0.15) is 5.69 Å². The number of amides is 1. The van der Waals surface area contributed by atoms with Crippen molar-refractivity contribution in [2.45, 2.75) is 31.1 Å². The van der Waals surface area contributed by atoms with Crippen LogP contribution < -0.4 is 5.32 Å². The lowest BCUT2D eigenvalue weighted by molar-refractivity contribution is -0.384. The van der Waals surface area contributed by atoms with Crippen molar-refractivity contribution in [3.05, 3.63) is 28.1 Å². The third kappa shape index (κ3) is 3.47. The molecule has 19 heavy (non-hydrogen) atoms. The molecule has 0 aliphatic heterocycles. The molecule has 1 aromatic rings. The van der Waals surface area contributed by atoms with Gasteiger partial charge in [0.25, 0.3) is 11.6 Å². The highest BCUT2D eigenvalue weighted by Gasteiger charge is 2.24. The number of nitro groups is 1. The van der Waals surface area contributed by atoms with E-state index in [2.05, 4.69) is 10.3 Å². The third-order valence-corrected chi connectivity index (χ3v) is 4.04. The van der Waals surface area contributed by atoms with Crippen LogP contribution in [0.15, 0.2) is 12.3 Å². The molecule has 0 radical (unpaired) electrons. The molecule has 0 bridgehead atoms. The van der Waals surface area contributed by atoms with Gasteiger partial charge in [-0.3, -0.25) is 14.9 Å². The van der Waals surface area contributed by atoms with E-state index in [1.165, 1.54) is 12.3 Å². The molecule has 2 rings (SSSR count). The van der Waals surface area contributed by atoms with Crippen LogP contribution in [0.5, 0.6) is 0 Å². The number of alkyl halides is 1. The zero-order chi connectivity index (χ0) is 13.8. The predicted molar refractivity (Wildman–Crippen MR) is 71.4 cm³/mol. The number of H-pyrrole nitrogens is 1. The highest BCUT2D eigenvalue weighted by molar-refractivity contribution is 6.20. The molecule has 1 saturated carbocycles. The molecule has 2 unspecified atom stereocenters. The molecule has 0 saturated heterocycles. The maximum Gasteiger partial charge on any atom is 0.287 e. The summed E-state index contributed by atoms with van der Waals surface area (Å²) in [6, 6.07) is 1.23. The lowest BCUT2D eigenvalue weighted by atomic mass is 9.89. The molecule has 6 nitrogen and oxygen atoms in total. The molecule has 1 aromatic heterocycles. The van der Waals surface area contributed by atoms with Crippen LogP contribution in [0.3, 0.4) is 0 Å². The molecule has 1 amide bonds. The van der Waals surface area contributed by atoms with Crippen molar-refractivity contribution in [1.29, 1.82) is 0 Å². The number of carbonyl (C=O) groups is 1. The van der Waals surface area contributed by atoms with E-state index in [0.29, 0.717) is 6.54 Å². The average molecular weight is 286 g/mol. The first-order chi connectivity index (χ1) is 9.08. The van der Waals surface area contributed by atoms with E-state index in [0.717, 1.165) is 25.7 Å². The number of hydrogen-bond acceptors (Lipinski definition) is 3. The normalized spacial score (nSPS) is 23.0. The van der Waals surface area contributed by atoms with Crippen molar-refractivity contribution in [2.75, 3.05) is 6.54 Å². The van der Waals surface area contributed by atoms with Gasteiger partial charge in [-0.1, -0.05) is 12.8 Å². The molecule has 1 fully saturated rings. The van der Waals surface area contributed by atoms with E-state index in [9.17, 15) is 14.9 Å². The molecular formula is C12H16ClN3O3. The lowest BCUT2D eigenvalue weighted by Crippen LogP contribution is -2.34. The van der Waals surface area contributed by atoms with E-state index in [1.807, 2.05) is 0 Å². The third-order valence-electron chi connectivity index (χ3n) is 3.46. The Morgan fingerprint density at radius 1 is 1.53 bits per heavy atom. The van der Waals surface area contributed by atoms with Gasteiger partial charge in [-0.25, -0.2) is 0 Å². The van der Waals surface area contributed by atoms with E-state index < -0.39 is 4.92 Å². The van der Waals surface area contributed by atoms with Gasteiger partial charge in [-0.2, -0.15) is 0 Å². The molecule has 1 aliphatic rings. The smallest absolute Gasteiger partial charge is 0.287 e. The minimum absolute atomic E-state index is 0.104. The first-order valence-corrected chi connectivity index (χ1v) is 6.76. The van der Waals surface area contributed by atoms with Crippen LogP contribution in [0.25, 0.3) is 0 Å². The minimum atomic E-state index is -0.538. The van der Waals surface area contributed by atoms with Crippen LogP contribution in [0.2, 0.25) is 0 Å². The van der Waals surface area contributed by atoms with Gasteiger partial charge in [-0.05, 0) is 18.8 Å². The van der Waals surface area contributed by atoms with Crippen molar-refractivity contribution < 1.29 is 9.72 Å². The maximum absolute atomic E-state index is 11.8. The largest absolute Gasteiger partial charge is 0.351 e. The fourth-order valence-corrected chi connectivity index (χ4v) is 2.70. The van der Waals surface area contributed by atoms with Crippen LogP contribution in [0.1, 0.15) is 36.2 Å². The summed E-state index contributed by atoms with van der Waals surface area (Å²) in [6.07, 6.45) is 5.48. The Labute approximate surface area is 115 Å². The maximum atomic E-state index is 11.8. The van der Waals surface area contributed by atoms with Gasteiger partial charge in [0.05, 0.1) is 11.1 Å². The SMILES string of the molecule is O=C(NCC1CCCCC1Cl)c1cc([N+](=O)[O-])c[nH]1. The van der Waals surface area contributed by atoms with Crippen molar-refractivity contribution in [2.24, 2.45) is 5.92 Å². The standard InChI is InChI=1S/C12H16ClN3O3/c13-10-4-2-1-3-8(10)6-15-12(17)11-5-9(7-14-11)16(18)19/h5,7-8,10,14H,1-4,6H2,(H,15,17). The van der Waals surface area contributed by atoms with E-state index in [1.54, 1.807) is 0 Å². The molecule has 1 heterocycles. The van der Waals surface area contributed by atoms with Crippen LogP contribution >= 0.6 is 11.6 Å². The Morgan fingerprint density at radius 3 is 2.89 bits per heavy atom. The molecule has 104 valence electrons. The first-order valence-electron chi connectivity index (χ1n) is 6.33. The summed E-state index contributed by atoms with van der Waals surface area (Å²) < 4.78 is 0. The second kappa shape index (κ2) is 6.06. The van der Waals surface area contributed by atoms with E-state index in [-0.39, 0.29) is 28.6 Å². The number of nitrogens with zero attached hydrogens (tertiary/aromatic N) is 1. The molecule has 7 heteroatoms. The van der Waals surface area contributed by atoms with Crippen LogP contribution in [-0.4, -0.2) is 27.7 Å². The Morgan fingerprint density at radius 2 is 2.26 bits per heavy atom. The van der Waals surface area contributed by atoms with Gasteiger partial charge in [0.2, 0.25) is 0 Å². The second-order valence-electron chi connectivity index (χ2n) is 4.80. The minimum Gasteiger partial charge on any atom is -0.351 e. The molecule has 2 atom stereocenters. The highest BCUT2D eigenvalue weighted by atomic mass is 35.5. The molecule has 0 spiro atoms. The molecular weight excluding hydrogens is 270 g/mol. The highest BCUT2D eigenvalue weighted by Crippen LogP contribution is 2.28. The fraction of sp³-hybridized carbons (Fsp3) is 0.583. The lowest BCUT2D eigenvalue weighted by Gasteiger charge is -2.26. The summed E-state index contributed by atoms with van der Waals surface area (Å²) in [5.41, 5.74) is 0.0895. The van der Waals surface area contributed by atoms with Crippen LogP contribution in [0.4, 0.5) is 5.69 Å². The van der Waals surface area contributed by atoms with Crippen molar-refractivity contribution in [1.82, 2.24) is 10.3 Å². The zero-order valence-corrected chi connectivity index (χ0v) is 11.2. The topological polar surface area (TPSA) is 88.0 Å². The monoisotopic (exact) mass is 285 g/mol. The number of nitrogens with one attached hydrogen (secondary N) is 2. The predicted octanol–water partition coefficient (Wildman–Crippen LogP) is 2.45. The Kier molecular flexibility index (Phi) is 4.42. The Hall–Kier alpha value is -1.56. The number of carbonyl (C=O) groups excluding carboxylic acids is 1. The van der Waals surface area contributed by atoms with Crippen LogP contribution in [0, 0.1) is 16.0 Å². The summed E-state index contributed by atoms with van der Waals surface area (Å²) in [4.78, 5) is 24.4. The van der Waals surface area contributed by atoms with Gasteiger partial charge in [0, 0.05) is 18.0 Å². The number of aromatic nitrogens is 1. The Balaban J connectivity index is 1.88. The number of hydrogen-bond donors (Lipinski definition) is 2. The molecule has 2 N–H and O–H groups in total. The van der Waals surface area contributed by atoms with Crippen molar-refractivity contribution >= 4 is 23.2 Å². The van der Waals surface area contributed by atoms with Gasteiger partial charge >= 0.3 is 0 Å². The Bertz CT molecular complexity index is 475. The van der Waals surface area contributed by atoms with E-state index >= 15 is 0 Å². The van der Waals surface area contributed by atoms with Crippen LogP contribution in [-0.2, 0) is 0 Å². The first kappa shape index (κ1) is 13.9. The number of aromatic amines is 1. The zero-order valence-electron chi connectivity index (χ0n) is 10.4.